The molecular weight excluding hydrogens is 410 g/mol. The molecule has 148 valence electrons. The molecule has 0 bridgehead atoms. The summed E-state index contributed by atoms with van der Waals surface area (Å²) in [5, 5.41) is 2.64. The highest BCUT2D eigenvalue weighted by atomic mass is 32.2. The van der Waals surface area contributed by atoms with Crippen LogP contribution in [0.25, 0.3) is 10.8 Å². The maximum atomic E-state index is 12.4. The second kappa shape index (κ2) is 6.60. The monoisotopic (exact) mass is 425 g/mol. The summed E-state index contributed by atoms with van der Waals surface area (Å²) in [5.74, 6) is -0.512. The topological polar surface area (TPSA) is 169 Å². The van der Waals surface area contributed by atoms with Gasteiger partial charge in [0.15, 0.2) is 0 Å². The Morgan fingerprint density at radius 1 is 1.04 bits per heavy atom. The van der Waals surface area contributed by atoms with Gasteiger partial charge in [0, 0.05) is 24.3 Å². The fraction of sp³-hybridized carbons (Fsp3) is 0.0625. The van der Waals surface area contributed by atoms with Gasteiger partial charge in [-0.3, -0.25) is 13.9 Å². The highest BCUT2D eigenvalue weighted by Crippen LogP contribution is 2.30. The molecule has 1 heterocycles. The second-order valence-electron chi connectivity index (χ2n) is 6.03. The number of carbonyl (C=O) groups excluding carboxylic acids is 1. The van der Waals surface area contributed by atoms with Crippen molar-refractivity contribution in [3.8, 4) is 0 Å². The smallest absolute Gasteiger partial charge is 0.295 e. The third kappa shape index (κ3) is 3.84. The molecule has 0 unspecified atom stereocenters. The average Bonchev–Trinajstić information content (AvgIpc) is 2.90. The van der Waals surface area contributed by atoms with Crippen molar-refractivity contribution in [2.45, 2.75) is 9.79 Å². The molecule has 2 aromatic carbocycles. The Morgan fingerprint density at radius 2 is 1.71 bits per heavy atom. The van der Waals surface area contributed by atoms with Gasteiger partial charge in [0.2, 0.25) is 0 Å². The quantitative estimate of drug-likeness (QED) is 0.456. The Balaban J connectivity index is 2.13. The lowest BCUT2D eigenvalue weighted by atomic mass is 10.1. The van der Waals surface area contributed by atoms with E-state index in [4.69, 9.17) is 5.73 Å². The Bertz CT molecular complexity index is 1330. The molecular formula is C16H15N3O7S2. The van der Waals surface area contributed by atoms with Crippen molar-refractivity contribution in [2.75, 3.05) is 11.1 Å². The fourth-order valence-corrected chi connectivity index (χ4v) is 4.10. The van der Waals surface area contributed by atoms with Gasteiger partial charge in [-0.05, 0) is 35.7 Å². The number of nitrogens with one attached hydrogen (secondary N) is 1. The SMILES string of the molecule is Cn1cc(N)cc1C(=O)Nc1ccc2cc(S(=O)(=O)O)cc(S(=O)(=O)O)c2c1. The molecule has 10 nitrogen and oxygen atoms in total. The van der Waals surface area contributed by atoms with Crippen molar-refractivity contribution in [1.29, 1.82) is 0 Å². The molecule has 1 aromatic heterocycles. The summed E-state index contributed by atoms with van der Waals surface area (Å²) in [6.07, 6.45) is 1.54. The standard InChI is InChI=1S/C16H15N3O7S2/c1-19-8-10(17)5-14(19)16(20)18-11-3-2-9-4-12(27(21,22)23)7-15(13(9)6-11)28(24,25)26/h2-8H,17H2,1H3,(H,18,20)(H,21,22,23)(H,24,25,26). The van der Waals surface area contributed by atoms with Crippen molar-refractivity contribution in [3.05, 3.63) is 48.3 Å². The summed E-state index contributed by atoms with van der Waals surface area (Å²) >= 11 is 0. The third-order valence-electron chi connectivity index (χ3n) is 3.98. The number of benzene rings is 2. The van der Waals surface area contributed by atoms with Gasteiger partial charge in [0.25, 0.3) is 26.1 Å². The lowest BCUT2D eigenvalue weighted by Gasteiger charge is -2.10. The van der Waals surface area contributed by atoms with E-state index in [1.54, 1.807) is 13.2 Å². The highest BCUT2D eigenvalue weighted by Gasteiger charge is 2.21. The second-order valence-corrected chi connectivity index (χ2v) is 8.84. The summed E-state index contributed by atoms with van der Waals surface area (Å²) < 4.78 is 66.3. The minimum atomic E-state index is -4.82. The molecule has 1 amide bonds. The molecule has 0 aliphatic heterocycles. The Kier molecular flexibility index (Phi) is 4.67. The summed E-state index contributed by atoms with van der Waals surface area (Å²) in [4.78, 5) is 11.0. The number of hydrogen-bond acceptors (Lipinski definition) is 6. The van der Waals surface area contributed by atoms with Gasteiger partial charge in [0.1, 0.15) is 10.6 Å². The van der Waals surface area contributed by atoms with E-state index in [1.165, 1.54) is 28.8 Å². The number of anilines is 2. The third-order valence-corrected chi connectivity index (χ3v) is 5.71. The molecule has 5 N–H and O–H groups in total. The summed E-state index contributed by atoms with van der Waals surface area (Å²) in [5.41, 5.74) is 6.48. The number of nitrogens with two attached hydrogens (primary N) is 1. The van der Waals surface area contributed by atoms with Crippen LogP contribution in [0.2, 0.25) is 0 Å². The molecule has 12 heteroatoms. The van der Waals surface area contributed by atoms with Gasteiger partial charge in [-0.25, -0.2) is 0 Å². The first-order valence-electron chi connectivity index (χ1n) is 7.62. The number of nitrogens with zero attached hydrogens (tertiary/aromatic N) is 1. The number of aryl methyl sites for hydroxylation is 1. The van der Waals surface area contributed by atoms with E-state index < -0.39 is 35.9 Å². The Morgan fingerprint density at radius 3 is 2.25 bits per heavy atom. The van der Waals surface area contributed by atoms with Gasteiger partial charge in [0.05, 0.1) is 10.6 Å². The minimum absolute atomic E-state index is 0.0425. The average molecular weight is 425 g/mol. The van der Waals surface area contributed by atoms with Crippen LogP contribution in [0.5, 0.6) is 0 Å². The fourth-order valence-electron chi connectivity index (χ4n) is 2.75. The summed E-state index contributed by atoms with van der Waals surface area (Å²) in [6, 6.07) is 7.15. The molecule has 0 atom stereocenters. The van der Waals surface area contributed by atoms with E-state index in [9.17, 15) is 30.7 Å². The van der Waals surface area contributed by atoms with Crippen LogP contribution < -0.4 is 11.1 Å². The zero-order valence-corrected chi connectivity index (χ0v) is 16.0. The minimum Gasteiger partial charge on any atom is -0.397 e. The van der Waals surface area contributed by atoms with E-state index in [0.29, 0.717) is 11.8 Å². The van der Waals surface area contributed by atoms with E-state index in [2.05, 4.69) is 5.32 Å². The number of aromatic nitrogens is 1. The Labute approximate surface area is 160 Å². The number of hydrogen-bond donors (Lipinski definition) is 4. The highest BCUT2D eigenvalue weighted by molar-refractivity contribution is 7.86. The van der Waals surface area contributed by atoms with Crippen LogP contribution in [0.15, 0.2) is 52.4 Å². The van der Waals surface area contributed by atoms with Gasteiger partial charge in [-0.2, -0.15) is 16.8 Å². The summed E-state index contributed by atoms with van der Waals surface area (Å²) in [6.45, 7) is 0. The van der Waals surface area contributed by atoms with Crippen molar-refractivity contribution >= 4 is 48.3 Å². The van der Waals surface area contributed by atoms with E-state index in [-0.39, 0.29) is 22.2 Å². The van der Waals surface area contributed by atoms with Crippen LogP contribution in [0.1, 0.15) is 10.5 Å². The van der Waals surface area contributed by atoms with Crippen LogP contribution in [-0.4, -0.2) is 36.4 Å². The summed E-state index contributed by atoms with van der Waals surface area (Å²) in [7, 11) is -7.90. The lowest BCUT2D eigenvalue weighted by molar-refractivity contribution is 0.101. The van der Waals surface area contributed by atoms with Gasteiger partial charge in [-0.1, -0.05) is 6.07 Å². The van der Waals surface area contributed by atoms with E-state index >= 15 is 0 Å². The molecule has 0 aliphatic carbocycles. The first kappa shape index (κ1) is 19.8. The number of rotatable bonds is 4. The molecule has 0 saturated carbocycles. The van der Waals surface area contributed by atoms with Crippen molar-refractivity contribution in [2.24, 2.45) is 7.05 Å². The van der Waals surface area contributed by atoms with Crippen LogP contribution in [0.4, 0.5) is 11.4 Å². The van der Waals surface area contributed by atoms with Crippen LogP contribution in [0.3, 0.4) is 0 Å². The molecule has 0 fully saturated rings. The largest absolute Gasteiger partial charge is 0.397 e. The van der Waals surface area contributed by atoms with Gasteiger partial charge >= 0.3 is 0 Å². The molecule has 0 radical (unpaired) electrons. The molecule has 3 rings (SSSR count). The molecule has 0 spiro atoms. The van der Waals surface area contributed by atoms with Crippen molar-refractivity contribution in [3.63, 3.8) is 0 Å². The number of nitrogen functional groups attached to an aromatic ring is 1. The number of carbonyl (C=O) groups is 1. The van der Waals surface area contributed by atoms with Crippen LogP contribution in [-0.2, 0) is 27.3 Å². The lowest BCUT2D eigenvalue weighted by Crippen LogP contribution is -2.15. The van der Waals surface area contributed by atoms with Gasteiger partial charge in [-0.15, -0.1) is 0 Å². The van der Waals surface area contributed by atoms with Crippen LogP contribution >= 0.6 is 0 Å². The first-order valence-corrected chi connectivity index (χ1v) is 10.5. The van der Waals surface area contributed by atoms with E-state index in [1.807, 2.05) is 0 Å². The van der Waals surface area contributed by atoms with Crippen molar-refractivity contribution < 1.29 is 30.7 Å². The number of amides is 1. The molecule has 0 saturated heterocycles. The predicted molar refractivity (Wildman–Crippen MR) is 101 cm³/mol. The first-order chi connectivity index (χ1) is 12.9. The Hall–Kier alpha value is -2.93. The maximum absolute atomic E-state index is 12.4. The molecule has 28 heavy (non-hydrogen) atoms. The predicted octanol–water partition coefficient (Wildman–Crippen LogP) is 1.51. The molecule has 0 aliphatic rings. The van der Waals surface area contributed by atoms with E-state index in [0.717, 1.165) is 6.07 Å². The van der Waals surface area contributed by atoms with Crippen molar-refractivity contribution in [1.82, 2.24) is 4.57 Å². The van der Waals surface area contributed by atoms with Gasteiger partial charge < -0.3 is 15.6 Å². The maximum Gasteiger partial charge on any atom is 0.295 e. The van der Waals surface area contributed by atoms with Crippen LogP contribution in [0, 0.1) is 0 Å². The zero-order valence-electron chi connectivity index (χ0n) is 14.3. The zero-order chi connectivity index (χ0) is 20.9. The number of fused-ring (bicyclic) bond motifs is 1. The molecule has 3 aromatic rings. The normalized spacial score (nSPS) is 12.2.